The van der Waals surface area contributed by atoms with Gasteiger partial charge in [0.15, 0.2) is 0 Å². The van der Waals surface area contributed by atoms with Crippen LogP contribution in [-0.4, -0.2) is 35.1 Å². The zero-order valence-electron chi connectivity index (χ0n) is 10.9. The molecule has 1 saturated heterocycles. The molecule has 1 aliphatic heterocycles. The topological polar surface area (TPSA) is 40.5 Å². The maximum atomic E-state index is 10.6. The second kappa shape index (κ2) is 4.21. The van der Waals surface area contributed by atoms with E-state index in [0.717, 1.165) is 13.0 Å². The molecule has 0 aliphatic carbocycles. The minimum Gasteiger partial charge on any atom is -0.478 e. The third-order valence-electron chi connectivity index (χ3n) is 4.70. The molecule has 1 fully saturated rings. The predicted octanol–water partition coefficient (Wildman–Crippen LogP) is 2.38. The summed E-state index contributed by atoms with van der Waals surface area (Å²) in [6.45, 7) is 9.92. The van der Waals surface area contributed by atoms with Crippen LogP contribution in [0, 0.1) is 11.3 Å². The van der Waals surface area contributed by atoms with Crippen molar-refractivity contribution in [1.82, 2.24) is 4.90 Å². The van der Waals surface area contributed by atoms with E-state index >= 15 is 0 Å². The highest BCUT2D eigenvalue weighted by Crippen LogP contribution is 2.47. The Hall–Kier alpha value is -0.830. The van der Waals surface area contributed by atoms with Crippen molar-refractivity contribution in [1.29, 1.82) is 0 Å². The minimum absolute atomic E-state index is 0.0753. The van der Waals surface area contributed by atoms with E-state index in [1.807, 2.05) is 6.08 Å². The van der Waals surface area contributed by atoms with Gasteiger partial charge in [-0.2, -0.15) is 0 Å². The quantitative estimate of drug-likeness (QED) is 0.734. The molecule has 92 valence electrons. The molecule has 0 radical (unpaired) electrons. The van der Waals surface area contributed by atoms with Crippen LogP contribution in [-0.2, 0) is 4.79 Å². The second-order valence-corrected chi connectivity index (χ2v) is 5.79. The van der Waals surface area contributed by atoms with Crippen molar-refractivity contribution in [3.05, 3.63) is 12.2 Å². The molecule has 1 aliphatic rings. The van der Waals surface area contributed by atoms with Gasteiger partial charge >= 0.3 is 5.97 Å². The molecular formula is C13H23NO2. The van der Waals surface area contributed by atoms with Crippen molar-refractivity contribution < 1.29 is 9.90 Å². The predicted molar refractivity (Wildman–Crippen MR) is 65.4 cm³/mol. The smallest absolute Gasteiger partial charge is 0.327 e. The van der Waals surface area contributed by atoms with E-state index in [0.29, 0.717) is 5.92 Å². The lowest BCUT2D eigenvalue weighted by molar-refractivity contribution is -0.131. The summed E-state index contributed by atoms with van der Waals surface area (Å²) in [4.78, 5) is 12.9. The summed E-state index contributed by atoms with van der Waals surface area (Å²) in [5.74, 6) is -0.526. The fraction of sp³-hybridized carbons (Fsp3) is 0.769. The number of hydrogen-bond acceptors (Lipinski definition) is 2. The van der Waals surface area contributed by atoms with Crippen molar-refractivity contribution in [2.24, 2.45) is 11.3 Å². The molecule has 0 aromatic heterocycles. The summed E-state index contributed by atoms with van der Waals surface area (Å²) in [7, 11) is 2.14. The molecule has 3 nitrogen and oxygen atoms in total. The highest BCUT2D eigenvalue weighted by molar-refractivity contribution is 5.79. The summed E-state index contributed by atoms with van der Waals surface area (Å²) < 4.78 is 0. The second-order valence-electron chi connectivity index (χ2n) is 5.79. The molecule has 16 heavy (non-hydrogen) atoms. The maximum absolute atomic E-state index is 10.6. The number of piperidine rings is 1. The first-order valence-electron chi connectivity index (χ1n) is 5.82. The number of aliphatic carboxylic acids is 1. The van der Waals surface area contributed by atoms with E-state index in [4.69, 9.17) is 5.11 Å². The molecule has 0 aromatic rings. The minimum atomic E-state index is -0.854. The monoisotopic (exact) mass is 225 g/mol. The molecule has 1 heterocycles. The van der Waals surface area contributed by atoms with Gasteiger partial charge in [-0.15, -0.1) is 0 Å². The Morgan fingerprint density at radius 3 is 2.44 bits per heavy atom. The number of carboxylic acid groups (broad SMARTS) is 1. The van der Waals surface area contributed by atoms with E-state index < -0.39 is 5.97 Å². The number of likely N-dealkylation sites (tertiary alicyclic amines) is 1. The number of rotatable bonds is 2. The van der Waals surface area contributed by atoms with Crippen molar-refractivity contribution in [2.75, 3.05) is 13.6 Å². The van der Waals surface area contributed by atoms with Crippen LogP contribution >= 0.6 is 0 Å². The summed E-state index contributed by atoms with van der Waals surface area (Å²) in [5.41, 5.74) is 0.157. The van der Waals surface area contributed by atoms with Gasteiger partial charge in [0.1, 0.15) is 0 Å². The van der Waals surface area contributed by atoms with E-state index in [1.54, 1.807) is 0 Å². The van der Waals surface area contributed by atoms with Crippen LogP contribution in [0.2, 0.25) is 0 Å². The first-order chi connectivity index (χ1) is 7.19. The average molecular weight is 225 g/mol. The first-order valence-corrected chi connectivity index (χ1v) is 5.82. The van der Waals surface area contributed by atoms with Gasteiger partial charge in [0.05, 0.1) is 0 Å². The fourth-order valence-corrected chi connectivity index (χ4v) is 2.45. The Balaban J connectivity index is 2.93. The molecule has 3 heteroatoms. The molecule has 1 atom stereocenters. The Morgan fingerprint density at radius 2 is 1.94 bits per heavy atom. The molecule has 0 bridgehead atoms. The molecule has 1 unspecified atom stereocenters. The molecule has 0 aromatic carbocycles. The molecule has 1 N–H and O–H groups in total. The highest BCUT2D eigenvalue weighted by Gasteiger charge is 2.47. The van der Waals surface area contributed by atoms with Gasteiger partial charge in [-0.1, -0.05) is 19.9 Å². The molecule has 0 saturated carbocycles. The van der Waals surface area contributed by atoms with E-state index in [-0.39, 0.29) is 11.0 Å². The van der Waals surface area contributed by atoms with Crippen LogP contribution in [0.1, 0.15) is 34.1 Å². The number of carboxylic acids is 1. The maximum Gasteiger partial charge on any atom is 0.327 e. The Morgan fingerprint density at radius 1 is 1.38 bits per heavy atom. The first kappa shape index (κ1) is 13.2. The van der Waals surface area contributed by atoms with Crippen molar-refractivity contribution >= 4 is 5.97 Å². The van der Waals surface area contributed by atoms with Crippen LogP contribution in [0.4, 0.5) is 0 Å². The van der Waals surface area contributed by atoms with Gasteiger partial charge in [0, 0.05) is 11.6 Å². The van der Waals surface area contributed by atoms with Crippen molar-refractivity contribution in [3.63, 3.8) is 0 Å². The van der Waals surface area contributed by atoms with Crippen molar-refractivity contribution in [3.8, 4) is 0 Å². The lowest BCUT2D eigenvalue weighted by atomic mass is 9.62. The number of allylic oxidation sites excluding steroid dienone is 1. The highest BCUT2D eigenvalue weighted by atomic mass is 16.4. The van der Waals surface area contributed by atoms with Gasteiger partial charge in [-0.3, -0.25) is 0 Å². The van der Waals surface area contributed by atoms with E-state index in [1.165, 1.54) is 6.08 Å². The standard InChI is InChI=1S/C13H23NO2/c1-12(2)10(6-7-11(15)16)8-9-14(5)13(12,3)4/h6-7,10H,8-9H2,1-5H3,(H,15,16). The SMILES string of the molecule is CN1CCC(C=CC(=O)O)C(C)(C)C1(C)C. The normalized spacial score (nSPS) is 29.4. The van der Waals surface area contributed by atoms with Crippen molar-refractivity contribution in [2.45, 2.75) is 39.7 Å². The summed E-state index contributed by atoms with van der Waals surface area (Å²) in [6.07, 6.45) is 4.17. The van der Waals surface area contributed by atoms with E-state index in [9.17, 15) is 4.79 Å². The summed E-state index contributed by atoms with van der Waals surface area (Å²) in [6, 6.07) is 0. The Bertz CT molecular complexity index is 305. The summed E-state index contributed by atoms with van der Waals surface area (Å²) in [5, 5.41) is 8.70. The van der Waals surface area contributed by atoms with Crippen LogP contribution in [0.15, 0.2) is 12.2 Å². The number of carbonyl (C=O) groups is 1. The van der Waals surface area contributed by atoms with Crippen LogP contribution in [0.5, 0.6) is 0 Å². The van der Waals surface area contributed by atoms with Crippen LogP contribution in [0.3, 0.4) is 0 Å². The zero-order valence-corrected chi connectivity index (χ0v) is 10.9. The molecular weight excluding hydrogens is 202 g/mol. The third kappa shape index (κ3) is 2.14. The average Bonchev–Trinajstić information content (AvgIpc) is 2.14. The molecule has 0 amide bonds. The van der Waals surface area contributed by atoms with Crippen LogP contribution in [0.25, 0.3) is 0 Å². The van der Waals surface area contributed by atoms with Crippen LogP contribution < -0.4 is 0 Å². The van der Waals surface area contributed by atoms with Gasteiger partial charge in [0.2, 0.25) is 0 Å². The number of hydrogen-bond donors (Lipinski definition) is 1. The lowest BCUT2D eigenvalue weighted by Crippen LogP contribution is -2.59. The largest absolute Gasteiger partial charge is 0.478 e. The van der Waals surface area contributed by atoms with Gasteiger partial charge < -0.3 is 10.0 Å². The van der Waals surface area contributed by atoms with E-state index in [2.05, 4.69) is 39.6 Å². The Kier molecular flexibility index (Phi) is 3.48. The van der Waals surface area contributed by atoms with Gasteiger partial charge in [-0.05, 0) is 45.2 Å². The zero-order chi connectivity index (χ0) is 12.6. The third-order valence-corrected chi connectivity index (χ3v) is 4.70. The summed E-state index contributed by atoms with van der Waals surface area (Å²) >= 11 is 0. The Labute approximate surface area is 98.1 Å². The lowest BCUT2D eigenvalue weighted by Gasteiger charge is -2.55. The van der Waals surface area contributed by atoms with Gasteiger partial charge in [0.25, 0.3) is 0 Å². The molecule has 0 spiro atoms. The molecule has 1 rings (SSSR count). The van der Waals surface area contributed by atoms with Gasteiger partial charge in [-0.25, -0.2) is 4.79 Å². The number of nitrogens with zero attached hydrogens (tertiary/aromatic N) is 1. The fourth-order valence-electron chi connectivity index (χ4n) is 2.45.